The van der Waals surface area contributed by atoms with Crippen molar-refractivity contribution in [1.82, 2.24) is 15.1 Å². The minimum absolute atomic E-state index is 0.739. The first kappa shape index (κ1) is 17.9. The van der Waals surface area contributed by atoms with E-state index in [1.165, 1.54) is 18.5 Å². The number of benzene rings is 1. The third kappa shape index (κ3) is 3.99. The first-order chi connectivity index (χ1) is 11.7. The summed E-state index contributed by atoms with van der Waals surface area (Å²) in [4.78, 5) is 6.29. The largest absolute Gasteiger partial charge is 0.496 e. The van der Waals surface area contributed by atoms with Gasteiger partial charge < -0.3 is 14.8 Å². The summed E-state index contributed by atoms with van der Waals surface area (Å²) in [6.07, 6.45) is 3.36. The van der Waals surface area contributed by atoms with Crippen LogP contribution in [0.2, 0.25) is 0 Å². The molecule has 2 fully saturated rings. The predicted octanol–water partition coefficient (Wildman–Crippen LogP) is 1.91. The average molecular weight is 352 g/mol. The Bertz CT molecular complexity index is 541. The van der Waals surface area contributed by atoms with Gasteiger partial charge in [0, 0.05) is 50.9 Å². The zero-order valence-corrected chi connectivity index (χ0v) is 15.8. The highest BCUT2D eigenvalue weighted by atomic mass is 32.2. The first-order valence-electron chi connectivity index (χ1n) is 8.71. The molecule has 1 unspecified atom stereocenters. The second kappa shape index (κ2) is 8.43. The highest BCUT2D eigenvalue weighted by Gasteiger charge is 2.26. The van der Waals surface area contributed by atoms with E-state index in [-0.39, 0.29) is 0 Å². The van der Waals surface area contributed by atoms with Crippen molar-refractivity contribution in [2.24, 2.45) is 0 Å². The summed E-state index contributed by atoms with van der Waals surface area (Å²) in [6.45, 7) is 7.80. The zero-order valence-electron chi connectivity index (χ0n) is 15.0. The number of piperazine rings is 1. The van der Waals surface area contributed by atoms with E-state index in [0.717, 1.165) is 61.7 Å². The van der Waals surface area contributed by atoms with Gasteiger partial charge in [-0.2, -0.15) is 0 Å². The number of thioether (sulfide) groups is 1. The zero-order chi connectivity index (χ0) is 16.9. The summed E-state index contributed by atoms with van der Waals surface area (Å²) in [7, 11) is 3.49. The van der Waals surface area contributed by atoms with Gasteiger partial charge in [0.25, 0.3) is 0 Å². The van der Waals surface area contributed by atoms with Crippen molar-refractivity contribution in [2.75, 3.05) is 59.7 Å². The van der Waals surface area contributed by atoms with Crippen LogP contribution in [0, 0.1) is 0 Å². The molecule has 0 aliphatic carbocycles. The molecule has 2 aliphatic rings. The van der Waals surface area contributed by atoms with Gasteiger partial charge in [-0.05, 0) is 31.4 Å². The molecule has 0 amide bonds. The summed E-state index contributed by atoms with van der Waals surface area (Å²) in [5, 5.41) is 3.47. The quantitative estimate of drug-likeness (QED) is 0.789. The van der Waals surface area contributed by atoms with E-state index in [1.807, 2.05) is 0 Å². The summed E-state index contributed by atoms with van der Waals surface area (Å²) >= 11 is 1.69. The number of rotatable bonds is 6. The summed E-state index contributed by atoms with van der Waals surface area (Å²) < 4.78 is 11.2. The van der Waals surface area contributed by atoms with E-state index in [0.29, 0.717) is 0 Å². The third-order valence-corrected chi connectivity index (χ3v) is 5.90. The van der Waals surface area contributed by atoms with Crippen molar-refractivity contribution in [3.8, 4) is 11.5 Å². The van der Waals surface area contributed by atoms with Crippen molar-refractivity contribution in [1.29, 1.82) is 0 Å². The Labute approximate surface area is 149 Å². The Morgan fingerprint density at radius 1 is 1.12 bits per heavy atom. The number of hydrogen-bond acceptors (Lipinski definition) is 6. The molecule has 1 N–H and O–H groups in total. The van der Waals surface area contributed by atoms with Crippen molar-refractivity contribution < 1.29 is 9.47 Å². The molecular weight excluding hydrogens is 322 g/mol. The smallest absolute Gasteiger partial charge is 0.132 e. The van der Waals surface area contributed by atoms with E-state index in [1.54, 1.807) is 26.0 Å². The van der Waals surface area contributed by atoms with Crippen LogP contribution in [0.5, 0.6) is 11.5 Å². The normalized spacial score (nSPS) is 22.7. The molecule has 0 spiro atoms. The minimum Gasteiger partial charge on any atom is -0.496 e. The average Bonchev–Trinajstić information content (AvgIpc) is 3.16. The number of methoxy groups -OCH3 is 2. The van der Waals surface area contributed by atoms with Crippen LogP contribution >= 0.6 is 11.8 Å². The maximum Gasteiger partial charge on any atom is 0.132 e. The lowest BCUT2D eigenvalue weighted by atomic mass is 10.1. The van der Waals surface area contributed by atoms with Gasteiger partial charge >= 0.3 is 0 Å². The molecule has 0 saturated carbocycles. The maximum absolute atomic E-state index is 5.62. The third-order valence-electron chi connectivity index (χ3n) is 5.14. The fourth-order valence-electron chi connectivity index (χ4n) is 3.69. The predicted molar refractivity (Wildman–Crippen MR) is 99.5 cm³/mol. The molecule has 0 aromatic heterocycles. The molecule has 2 saturated heterocycles. The van der Waals surface area contributed by atoms with Crippen LogP contribution in [0.25, 0.3) is 0 Å². The van der Waals surface area contributed by atoms with Crippen molar-refractivity contribution in [2.45, 2.75) is 23.9 Å². The van der Waals surface area contributed by atoms with Crippen molar-refractivity contribution >= 4 is 11.8 Å². The van der Waals surface area contributed by atoms with Gasteiger partial charge in [-0.25, -0.2) is 0 Å². The van der Waals surface area contributed by atoms with E-state index >= 15 is 0 Å². The molecule has 3 rings (SSSR count). The van der Waals surface area contributed by atoms with Crippen LogP contribution in [0.15, 0.2) is 17.0 Å². The van der Waals surface area contributed by atoms with Crippen LogP contribution in [0.1, 0.15) is 12.0 Å². The van der Waals surface area contributed by atoms with Crippen molar-refractivity contribution in [3.05, 3.63) is 17.7 Å². The molecule has 2 heterocycles. The number of hydrogen-bond donors (Lipinski definition) is 1. The van der Waals surface area contributed by atoms with Crippen LogP contribution in [-0.2, 0) is 6.54 Å². The van der Waals surface area contributed by atoms with E-state index in [4.69, 9.17) is 9.47 Å². The Morgan fingerprint density at radius 2 is 1.88 bits per heavy atom. The van der Waals surface area contributed by atoms with E-state index in [9.17, 15) is 0 Å². The standard InChI is InChI=1S/C18H29N3O2S/c1-22-16-11-18(24-3)17(23-2)10-14(16)13-20-6-8-21(9-7-20)15-4-5-19-12-15/h10-11,15,19H,4-9,12-13H2,1-3H3. The number of nitrogens with zero attached hydrogens (tertiary/aromatic N) is 2. The highest BCUT2D eigenvalue weighted by molar-refractivity contribution is 7.98. The topological polar surface area (TPSA) is 37.0 Å². The highest BCUT2D eigenvalue weighted by Crippen LogP contribution is 2.35. The monoisotopic (exact) mass is 351 g/mol. The molecule has 0 radical (unpaired) electrons. The Balaban J connectivity index is 1.63. The van der Waals surface area contributed by atoms with E-state index < -0.39 is 0 Å². The molecule has 134 valence electrons. The Hall–Kier alpha value is -0.950. The van der Waals surface area contributed by atoms with Crippen molar-refractivity contribution in [3.63, 3.8) is 0 Å². The molecule has 2 aliphatic heterocycles. The van der Waals surface area contributed by atoms with E-state index in [2.05, 4.69) is 33.5 Å². The van der Waals surface area contributed by atoms with Gasteiger partial charge in [-0.1, -0.05) is 0 Å². The molecule has 0 bridgehead atoms. The second-order valence-corrected chi connectivity index (χ2v) is 7.33. The molecule has 1 atom stereocenters. The summed E-state index contributed by atoms with van der Waals surface area (Å²) in [6, 6.07) is 4.97. The SMILES string of the molecule is COc1cc(SC)c(OC)cc1CN1CCN(C2CCNC2)CC1. The second-order valence-electron chi connectivity index (χ2n) is 6.48. The molecule has 1 aromatic rings. The van der Waals surface area contributed by atoms with Gasteiger partial charge in [-0.15, -0.1) is 11.8 Å². The summed E-state index contributed by atoms with van der Waals surface area (Å²) in [5.74, 6) is 1.90. The molecule has 6 heteroatoms. The number of nitrogens with one attached hydrogen (secondary N) is 1. The molecular formula is C18H29N3O2S. The Morgan fingerprint density at radius 3 is 2.46 bits per heavy atom. The van der Waals surface area contributed by atoms with Crippen LogP contribution < -0.4 is 14.8 Å². The molecule has 24 heavy (non-hydrogen) atoms. The van der Waals surface area contributed by atoms with Gasteiger partial charge in [0.2, 0.25) is 0 Å². The number of ether oxygens (including phenoxy) is 2. The lowest BCUT2D eigenvalue weighted by molar-refractivity contribution is 0.0975. The maximum atomic E-state index is 5.62. The lowest BCUT2D eigenvalue weighted by Crippen LogP contribution is -2.50. The Kier molecular flexibility index (Phi) is 6.27. The van der Waals surface area contributed by atoms with Crippen LogP contribution in [0.3, 0.4) is 0 Å². The fourth-order valence-corrected chi connectivity index (χ4v) is 4.26. The van der Waals surface area contributed by atoms with Crippen LogP contribution in [-0.4, -0.2) is 75.6 Å². The van der Waals surface area contributed by atoms with Gasteiger partial charge in [0.1, 0.15) is 11.5 Å². The molecule has 5 nitrogen and oxygen atoms in total. The van der Waals surface area contributed by atoms with Crippen LogP contribution in [0.4, 0.5) is 0 Å². The summed E-state index contributed by atoms with van der Waals surface area (Å²) in [5.41, 5.74) is 1.21. The lowest BCUT2D eigenvalue weighted by Gasteiger charge is -2.38. The van der Waals surface area contributed by atoms with Gasteiger partial charge in [-0.3, -0.25) is 9.80 Å². The van der Waals surface area contributed by atoms with Gasteiger partial charge in [0.15, 0.2) is 0 Å². The first-order valence-corrected chi connectivity index (χ1v) is 9.93. The fraction of sp³-hybridized carbons (Fsp3) is 0.667. The minimum atomic E-state index is 0.739. The van der Waals surface area contributed by atoms with Gasteiger partial charge in [0.05, 0.1) is 19.1 Å². The molecule has 1 aromatic carbocycles.